The Balaban J connectivity index is 2.31. The number of carbonyl (C=O) groups is 1. The van der Waals surface area contributed by atoms with Crippen molar-refractivity contribution in [3.05, 3.63) is 48.0 Å². The molecule has 0 unspecified atom stereocenters. The number of ketones is 1. The zero-order valence-electron chi connectivity index (χ0n) is 8.85. The van der Waals surface area contributed by atoms with E-state index in [2.05, 4.69) is 5.10 Å². The average molecular weight is 218 g/mol. The summed E-state index contributed by atoms with van der Waals surface area (Å²) >= 11 is 0. The van der Waals surface area contributed by atoms with Gasteiger partial charge in [0.05, 0.1) is 5.69 Å². The summed E-state index contributed by atoms with van der Waals surface area (Å²) in [6.07, 6.45) is 2.12. The molecule has 0 atom stereocenters. The standard InChI is InChI=1S/C12H11FN2O/c1-2-12(16)11-7-8-15(14-11)10-5-3-9(13)4-6-10/h3-8H,2H2,1H3. The summed E-state index contributed by atoms with van der Waals surface area (Å²) in [5.41, 5.74) is 1.17. The summed E-state index contributed by atoms with van der Waals surface area (Å²) in [6, 6.07) is 7.61. The molecule has 0 spiro atoms. The summed E-state index contributed by atoms with van der Waals surface area (Å²) in [6.45, 7) is 1.79. The molecule has 0 fully saturated rings. The lowest BCUT2D eigenvalue weighted by Gasteiger charge is -2.00. The monoisotopic (exact) mass is 218 g/mol. The lowest BCUT2D eigenvalue weighted by atomic mass is 10.2. The van der Waals surface area contributed by atoms with Crippen LogP contribution in [0.4, 0.5) is 4.39 Å². The summed E-state index contributed by atoms with van der Waals surface area (Å²) in [5.74, 6) is -0.290. The number of benzene rings is 1. The molecule has 82 valence electrons. The summed E-state index contributed by atoms with van der Waals surface area (Å²) in [5, 5.41) is 4.13. The lowest BCUT2D eigenvalue weighted by molar-refractivity contribution is 0.0983. The van der Waals surface area contributed by atoms with Crippen LogP contribution in [0.3, 0.4) is 0 Å². The molecule has 1 aromatic carbocycles. The van der Waals surface area contributed by atoms with Crippen LogP contribution in [0.2, 0.25) is 0 Å². The molecule has 2 rings (SSSR count). The van der Waals surface area contributed by atoms with Crippen molar-refractivity contribution >= 4 is 5.78 Å². The number of carbonyl (C=O) groups excluding carboxylic acids is 1. The third-order valence-corrected chi connectivity index (χ3v) is 2.29. The third kappa shape index (κ3) is 2.00. The van der Waals surface area contributed by atoms with Gasteiger partial charge in [-0.25, -0.2) is 9.07 Å². The van der Waals surface area contributed by atoms with Crippen LogP contribution < -0.4 is 0 Å². The highest BCUT2D eigenvalue weighted by molar-refractivity contribution is 5.93. The second-order valence-electron chi connectivity index (χ2n) is 3.40. The van der Waals surface area contributed by atoms with Crippen LogP contribution >= 0.6 is 0 Å². The van der Waals surface area contributed by atoms with Gasteiger partial charge in [-0.2, -0.15) is 5.10 Å². The zero-order valence-corrected chi connectivity index (χ0v) is 8.85. The molecule has 0 saturated carbocycles. The van der Waals surface area contributed by atoms with Crippen LogP contribution in [0, 0.1) is 5.82 Å². The quantitative estimate of drug-likeness (QED) is 0.742. The first-order valence-electron chi connectivity index (χ1n) is 5.05. The minimum Gasteiger partial charge on any atom is -0.292 e. The molecular formula is C12H11FN2O. The number of halogens is 1. The molecule has 0 aliphatic rings. The minimum absolute atomic E-state index is 0.000798. The molecule has 0 aliphatic carbocycles. The number of Topliss-reactive ketones (excluding diaryl/α,β-unsaturated/α-hetero) is 1. The van der Waals surface area contributed by atoms with Gasteiger partial charge in [-0.15, -0.1) is 0 Å². The van der Waals surface area contributed by atoms with Crippen molar-refractivity contribution in [2.45, 2.75) is 13.3 Å². The Morgan fingerprint density at radius 1 is 1.31 bits per heavy atom. The van der Waals surface area contributed by atoms with E-state index in [0.717, 1.165) is 5.69 Å². The van der Waals surface area contributed by atoms with E-state index in [-0.39, 0.29) is 11.6 Å². The Hall–Kier alpha value is -1.97. The topological polar surface area (TPSA) is 34.9 Å². The highest BCUT2D eigenvalue weighted by atomic mass is 19.1. The Morgan fingerprint density at radius 3 is 2.62 bits per heavy atom. The van der Waals surface area contributed by atoms with Crippen LogP contribution in [0.25, 0.3) is 5.69 Å². The van der Waals surface area contributed by atoms with Crippen LogP contribution in [-0.4, -0.2) is 15.6 Å². The molecule has 0 amide bonds. The van der Waals surface area contributed by atoms with Crippen LogP contribution in [0.1, 0.15) is 23.8 Å². The van der Waals surface area contributed by atoms with Gasteiger partial charge in [-0.1, -0.05) is 6.92 Å². The number of hydrogen-bond donors (Lipinski definition) is 0. The number of hydrogen-bond acceptors (Lipinski definition) is 2. The summed E-state index contributed by atoms with van der Waals surface area (Å²) in [7, 11) is 0. The van der Waals surface area contributed by atoms with Gasteiger partial charge in [0.2, 0.25) is 0 Å². The molecule has 0 radical (unpaired) electrons. The maximum Gasteiger partial charge on any atom is 0.182 e. The Kier molecular flexibility index (Phi) is 2.81. The molecule has 1 aromatic heterocycles. The number of aromatic nitrogens is 2. The first-order chi connectivity index (χ1) is 7.70. The first kappa shape index (κ1) is 10.5. The fourth-order valence-corrected chi connectivity index (χ4v) is 1.39. The van der Waals surface area contributed by atoms with Crippen LogP contribution in [-0.2, 0) is 0 Å². The van der Waals surface area contributed by atoms with Crippen molar-refractivity contribution in [2.75, 3.05) is 0 Å². The van der Waals surface area contributed by atoms with Crippen LogP contribution in [0.5, 0.6) is 0 Å². The molecular weight excluding hydrogens is 207 g/mol. The van der Waals surface area contributed by atoms with Crippen molar-refractivity contribution in [2.24, 2.45) is 0 Å². The van der Waals surface area contributed by atoms with E-state index >= 15 is 0 Å². The predicted octanol–water partition coefficient (Wildman–Crippen LogP) is 2.60. The van der Waals surface area contributed by atoms with Crippen molar-refractivity contribution in [1.82, 2.24) is 9.78 Å². The molecule has 0 bridgehead atoms. The number of rotatable bonds is 3. The zero-order chi connectivity index (χ0) is 11.5. The Labute approximate surface area is 92.5 Å². The van der Waals surface area contributed by atoms with E-state index < -0.39 is 0 Å². The van der Waals surface area contributed by atoms with Gasteiger partial charge >= 0.3 is 0 Å². The van der Waals surface area contributed by atoms with Crippen molar-refractivity contribution < 1.29 is 9.18 Å². The fraction of sp³-hybridized carbons (Fsp3) is 0.167. The van der Waals surface area contributed by atoms with E-state index in [1.54, 1.807) is 36.0 Å². The van der Waals surface area contributed by atoms with Gasteiger partial charge in [0.15, 0.2) is 5.78 Å². The summed E-state index contributed by atoms with van der Waals surface area (Å²) < 4.78 is 14.3. The lowest BCUT2D eigenvalue weighted by Crippen LogP contribution is -2.00. The van der Waals surface area contributed by atoms with Gasteiger partial charge in [0.25, 0.3) is 0 Å². The second-order valence-corrected chi connectivity index (χ2v) is 3.40. The molecule has 0 aliphatic heterocycles. The molecule has 3 nitrogen and oxygen atoms in total. The van der Waals surface area contributed by atoms with E-state index in [1.165, 1.54) is 12.1 Å². The summed E-state index contributed by atoms with van der Waals surface area (Å²) in [4.78, 5) is 11.4. The van der Waals surface area contributed by atoms with Gasteiger partial charge in [0, 0.05) is 12.6 Å². The van der Waals surface area contributed by atoms with Gasteiger partial charge in [0.1, 0.15) is 11.5 Å². The smallest absolute Gasteiger partial charge is 0.182 e. The van der Waals surface area contributed by atoms with Gasteiger partial charge in [-0.3, -0.25) is 4.79 Å². The van der Waals surface area contributed by atoms with Gasteiger partial charge < -0.3 is 0 Å². The Bertz CT molecular complexity index is 502. The van der Waals surface area contributed by atoms with E-state index in [4.69, 9.17) is 0 Å². The predicted molar refractivity (Wildman–Crippen MR) is 58.1 cm³/mol. The molecule has 4 heteroatoms. The first-order valence-corrected chi connectivity index (χ1v) is 5.05. The highest BCUT2D eigenvalue weighted by Crippen LogP contribution is 2.09. The van der Waals surface area contributed by atoms with Crippen molar-refractivity contribution in [3.63, 3.8) is 0 Å². The van der Waals surface area contributed by atoms with E-state index in [9.17, 15) is 9.18 Å². The third-order valence-electron chi connectivity index (χ3n) is 2.29. The maximum atomic E-state index is 12.7. The minimum atomic E-state index is -0.291. The Morgan fingerprint density at radius 2 is 2.00 bits per heavy atom. The highest BCUT2D eigenvalue weighted by Gasteiger charge is 2.07. The average Bonchev–Trinajstić information content (AvgIpc) is 2.78. The van der Waals surface area contributed by atoms with Crippen molar-refractivity contribution in [1.29, 1.82) is 0 Å². The molecule has 2 aromatic rings. The normalized spacial score (nSPS) is 10.4. The fourth-order valence-electron chi connectivity index (χ4n) is 1.39. The largest absolute Gasteiger partial charge is 0.292 e. The van der Waals surface area contributed by atoms with Crippen LogP contribution in [0.15, 0.2) is 36.5 Å². The van der Waals surface area contributed by atoms with Gasteiger partial charge in [-0.05, 0) is 30.3 Å². The molecule has 1 heterocycles. The maximum absolute atomic E-state index is 12.7. The molecule has 16 heavy (non-hydrogen) atoms. The molecule has 0 saturated heterocycles. The van der Waals surface area contributed by atoms with E-state index in [1.807, 2.05) is 0 Å². The van der Waals surface area contributed by atoms with Crippen molar-refractivity contribution in [3.8, 4) is 5.69 Å². The number of nitrogens with zero attached hydrogens (tertiary/aromatic N) is 2. The second kappa shape index (κ2) is 4.26. The molecule has 0 N–H and O–H groups in total. The SMILES string of the molecule is CCC(=O)c1ccn(-c2ccc(F)cc2)n1. The van der Waals surface area contributed by atoms with E-state index in [0.29, 0.717) is 12.1 Å².